The number of benzene rings is 1. The maximum atomic E-state index is 10.7. The number of hydrogen-bond acceptors (Lipinski definition) is 2. The molecule has 1 saturated carbocycles. The van der Waals surface area contributed by atoms with Gasteiger partial charge in [0.2, 0.25) is 0 Å². The zero-order valence-electron chi connectivity index (χ0n) is 9.74. The number of ether oxygens (including phenoxy) is 1. The van der Waals surface area contributed by atoms with E-state index in [0.717, 1.165) is 36.5 Å². The summed E-state index contributed by atoms with van der Waals surface area (Å²) in [6.45, 7) is 2.78. The highest BCUT2D eigenvalue weighted by atomic mass is 16.5. The van der Waals surface area contributed by atoms with Crippen molar-refractivity contribution in [2.24, 2.45) is 5.92 Å². The van der Waals surface area contributed by atoms with Gasteiger partial charge in [0.1, 0.15) is 12.0 Å². The predicted octanol–water partition coefficient (Wildman–Crippen LogP) is 3.38. The van der Waals surface area contributed by atoms with E-state index in [2.05, 4.69) is 0 Å². The second-order valence-electron chi connectivity index (χ2n) is 4.58. The van der Waals surface area contributed by atoms with Gasteiger partial charge < -0.3 is 4.74 Å². The Morgan fingerprint density at radius 2 is 2.25 bits per heavy atom. The third-order valence-electron chi connectivity index (χ3n) is 3.36. The molecule has 1 aliphatic rings. The minimum absolute atomic E-state index is 0.684. The molecule has 2 nitrogen and oxygen atoms in total. The van der Waals surface area contributed by atoms with Crippen LogP contribution in [-0.2, 0) is 0 Å². The molecule has 0 bridgehead atoms. The second-order valence-corrected chi connectivity index (χ2v) is 4.58. The lowest BCUT2D eigenvalue weighted by molar-refractivity contribution is 0.112. The molecule has 2 heteroatoms. The van der Waals surface area contributed by atoms with E-state index in [-0.39, 0.29) is 0 Å². The second kappa shape index (κ2) is 5.15. The van der Waals surface area contributed by atoms with E-state index in [0.29, 0.717) is 5.56 Å². The highest BCUT2D eigenvalue weighted by Crippen LogP contribution is 2.29. The molecule has 2 rings (SSSR count). The standard InChI is InChI=1S/C14H18O2/c1-11-5-6-13(10-15)9-14(11)16-8-7-12-3-2-4-12/h5-6,9-10,12H,2-4,7-8H2,1H3. The molecule has 1 aromatic carbocycles. The highest BCUT2D eigenvalue weighted by Gasteiger charge is 2.16. The predicted molar refractivity (Wildman–Crippen MR) is 64.0 cm³/mol. The number of carbonyl (C=O) groups is 1. The fourth-order valence-electron chi connectivity index (χ4n) is 1.96. The average molecular weight is 218 g/mol. The Morgan fingerprint density at radius 1 is 1.44 bits per heavy atom. The van der Waals surface area contributed by atoms with Crippen LogP contribution in [0.15, 0.2) is 18.2 Å². The molecule has 0 unspecified atom stereocenters. The van der Waals surface area contributed by atoms with Crippen LogP contribution in [0, 0.1) is 12.8 Å². The molecule has 0 aromatic heterocycles. The first-order valence-corrected chi connectivity index (χ1v) is 5.98. The van der Waals surface area contributed by atoms with Gasteiger partial charge in [0.15, 0.2) is 0 Å². The Morgan fingerprint density at radius 3 is 2.88 bits per heavy atom. The number of rotatable bonds is 5. The van der Waals surface area contributed by atoms with E-state index in [9.17, 15) is 4.79 Å². The van der Waals surface area contributed by atoms with Crippen LogP contribution in [0.3, 0.4) is 0 Å². The summed E-state index contributed by atoms with van der Waals surface area (Å²) in [4.78, 5) is 10.7. The molecule has 16 heavy (non-hydrogen) atoms. The van der Waals surface area contributed by atoms with Crippen molar-refractivity contribution in [3.63, 3.8) is 0 Å². The van der Waals surface area contributed by atoms with Crippen molar-refractivity contribution in [2.75, 3.05) is 6.61 Å². The monoisotopic (exact) mass is 218 g/mol. The highest BCUT2D eigenvalue weighted by molar-refractivity contribution is 5.75. The molecule has 0 spiro atoms. The molecule has 0 atom stereocenters. The van der Waals surface area contributed by atoms with Gasteiger partial charge in [-0.25, -0.2) is 0 Å². The van der Waals surface area contributed by atoms with Crippen molar-refractivity contribution in [3.05, 3.63) is 29.3 Å². The van der Waals surface area contributed by atoms with Crippen molar-refractivity contribution in [1.82, 2.24) is 0 Å². The van der Waals surface area contributed by atoms with Gasteiger partial charge in [0.05, 0.1) is 6.61 Å². The molecule has 0 heterocycles. The molecule has 0 N–H and O–H groups in total. The zero-order valence-corrected chi connectivity index (χ0v) is 9.74. The van der Waals surface area contributed by atoms with Crippen LogP contribution in [0.25, 0.3) is 0 Å². The minimum Gasteiger partial charge on any atom is -0.493 e. The van der Waals surface area contributed by atoms with Gasteiger partial charge >= 0.3 is 0 Å². The largest absolute Gasteiger partial charge is 0.493 e. The Labute approximate surface area is 96.6 Å². The average Bonchev–Trinajstić information content (AvgIpc) is 2.24. The zero-order chi connectivity index (χ0) is 11.4. The van der Waals surface area contributed by atoms with Crippen LogP contribution < -0.4 is 4.74 Å². The van der Waals surface area contributed by atoms with Gasteiger partial charge in [-0.05, 0) is 30.9 Å². The van der Waals surface area contributed by atoms with Gasteiger partial charge in [0.25, 0.3) is 0 Å². The quantitative estimate of drug-likeness (QED) is 0.708. The molecule has 1 fully saturated rings. The number of aryl methyl sites for hydroxylation is 1. The normalized spacial score (nSPS) is 15.6. The van der Waals surface area contributed by atoms with E-state index in [1.54, 1.807) is 0 Å². The Hall–Kier alpha value is -1.31. The Bertz CT molecular complexity index is 367. The van der Waals surface area contributed by atoms with E-state index in [4.69, 9.17) is 4.74 Å². The summed E-state index contributed by atoms with van der Waals surface area (Å²) in [7, 11) is 0. The molecular formula is C14H18O2. The summed E-state index contributed by atoms with van der Waals surface area (Å²) < 4.78 is 5.73. The Kier molecular flexibility index (Phi) is 3.60. The summed E-state index contributed by atoms with van der Waals surface area (Å²) in [5.74, 6) is 1.72. The van der Waals surface area contributed by atoms with Crippen LogP contribution >= 0.6 is 0 Å². The molecule has 0 amide bonds. The first-order valence-electron chi connectivity index (χ1n) is 5.98. The summed E-state index contributed by atoms with van der Waals surface area (Å²) in [6.07, 6.45) is 6.10. The van der Waals surface area contributed by atoms with E-state index in [1.807, 2.05) is 25.1 Å². The fraction of sp³-hybridized carbons (Fsp3) is 0.500. The van der Waals surface area contributed by atoms with E-state index in [1.165, 1.54) is 19.3 Å². The van der Waals surface area contributed by atoms with Gasteiger partial charge in [0, 0.05) is 5.56 Å². The van der Waals surface area contributed by atoms with Crippen molar-refractivity contribution >= 4 is 6.29 Å². The number of hydrogen-bond donors (Lipinski definition) is 0. The molecule has 1 aromatic rings. The van der Waals surface area contributed by atoms with Crippen molar-refractivity contribution < 1.29 is 9.53 Å². The molecule has 1 aliphatic carbocycles. The third kappa shape index (κ3) is 2.63. The summed E-state index contributed by atoms with van der Waals surface area (Å²) >= 11 is 0. The van der Waals surface area contributed by atoms with Crippen molar-refractivity contribution in [1.29, 1.82) is 0 Å². The van der Waals surface area contributed by atoms with Crippen molar-refractivity contribution in [2.45, 2.75) is 32.6 Å². The number of aldehydes is 1. The SMILES string of the molecule is Cc1ccc(C=O)cc1OCCC1CCC1. The minimum atomic E-state index is 0.684. The third-order valence-corrected chi connectivity index (χ3v) is 3.36. The van der Waals surface area contributed by atoms with Crippen molar-refractivity contribution in [3.8, 4) is 5.75 Å². The fourth-order valence-corrected chi connectivity index (χ4v) is 1.96. The maximum Gasteiger partial charge on any atom is 0.150 e. The molecule has 0 radical (unpaired) electrons. The molecular weight excluding hydrogens is 200 g/mol. The maximum absolute atomic E-state index is 10.7. The van der Waals surface area contributed by atoms with Crippen LogP contribution in [0.5, 0.6) is 5.75 Å². The van der Waals surface area contributed by atoms with Crippen LogP contribution in [0.4, 0.5) is 0 Å². The smallest absolute Gasteiger partial charge is 0.150 e. The van der Waals surface area contributed by atoms with Gasteiger partial charge in [-0.1, -0.05) is 31.4 Å². The van der Waals surface area contributed by atoms with E-state index >= 15 is 0 Å². The van der Waals surface area contributed by atoms with Gasteiger partial charge in [-0.3, -0.25) is 4.79 Å². The van der Waals surface area contributed by atoms with Gasteiger partial charge in [-0.15, -0.1) is 0 Å². The first-order chi connectivity index (χ1) is 7.79. The lowest BCUT2D eigenvalue weighted by atomic mass is 9.83. The molecule has 0 aliphatic heterocycles. The van der Waals surface area contributed by atoms with Crippen LogP contribution in [0.1, 0.15) is 41.6 Å². The molecule has 0 saturated heterocycles. The Balaban J connectivity index is 1.88. The topological polar surface area (TPSA) is 26.3 Å². The lowest BCUT2D eigenvalue weighted by Crippen LogP contribution is -2.14. The molecule has 86 valence electrons. The summed E-state index contributed by atoms with van der Waals surface area (Å²) in [5.41, 5.74) is 1.78. The lowest BCUT2D eigenvalue weighted by Gasteiger charge is -2.25. The van der Waals surface area contributed by atoms with Gasteiger partial charge in [-0.2, -0.15) is 0 Å². The van der Waals surface area contributed by atoms with Crippen LogP contribution in [0.2, 0.25) is 0 Å². The summed E-state index contributed by atoms with van der Waals surface area (Å²) in [6, 6.07) is 5.58. The van der Waals surface area contributed by atoms with Crippen LogP contribution in [-0.4, -0.2) is 12.9 Å². The summed E-state index contributed by atoms with van der Waals surface area (Å²) in [5, 5.41) is 0. The first kappa shape index (κ1) is 11.2. The van der Waals surface area contributed by atoms with E-state index < -0.39 is 0 Å². The number of carbonyl (C=O) groups excluding carboxylic acids is 1.